The fourth-order valence-corrected chi connectivity index (χ4v) is 1.60. The minimum atomic E-state index is -1.19. The molecule has 0 unspecified atom stereocenters. The molecule has 0 saturated heterocycles. The van der Waals surface area contributed by atoms with Crippen molar-refractivity contribution in [1.82, 2.24) is 4.98 Å². The fourth-order valence-electron chi connectivity index (χ4n) is 1.60. The SMILES string of the molecule is COc1cc(Oc2cnccc2C(=O)O)cc([N+](=O)[O-])c1. The molecule has 0 radical (unpaired) electrons. The van der Waals surface area contributed by atoms with E-state index < -0.39 is 10.9 Å². The number of methoxy groups -OCH3 is 1. The van der Waals surface area contributed by atoms with Crippen molar-refractivity contribution in [3.05, 3.63) is 52.3 Å². The largest absolute Gasteiger partial charge is 0.496 e. The smallest absolute Gasteiger partial charge is 0.339 e. The number of aromatic nitrogens is 1. The van der Waals surface area contributed by atoms with Crippen LogP contribution in [-0.4, -0.2) is 28.1 Å². The minimum Gasteiger partial charge on any atom is -0.496 e. The van der Waals surface area contributed by atoms with Crippen molar-refractivity contribution in [3.8, 4) is 17.2 Å². The van der Waals surface area contributed by atoms with E-state index in [0.29, 0.717) is 0 Å². The molecule has 8 heteroatoms. The van der Waals surface area contributed by atoms with Crippen molar-refractivity contribution in [2.45, 2.75) is 0 Å². The highest BCUT2D eigenvalue weighted by molar-refractivity contribution is 5.90. The first-order valence-corrected chi connectivity index (χ1v) is 5.70. The van der Waals surface area contributed by atoms with E-state index in [-0.39, 0.29) is 28.5 Å². The predicted octanol–water partition coefficient (Wildman–Crippen LogP) is 2.49. The van der Waals surface area contributed by atoms with Crippen molar-refractivity contribution in [1.29, 1.82) is 0 Å². The van der Waals surface area contributed by atoms with Crippen molar-refractivity contribution < 1.29 is 24.3 Å². The minimum absolute atomic E-state index is 0.0208. The molecule has 0 aliphatic heterocycles. The molecule has 1 heterocycles. The molecule has 21 heavy (non-hydrogen) atoms. The molecule has 0 aliphatic rings. The number of pyridine rings is 1. The number of aromatic carboxylic acids is 1. The molecule has 108 valence electrons. The number of ether oxygens (including phenoxy) is 2. The number of carboxylic acid groups (broad SMARTS) is 1. The monoisotopic (exact) mass is 290 g/mol. The van der Waals surface area contributed by atoms with Crippen LogP contribution in [0.15, 0.2) is 36.7 Å². The van der Waals surface area contributed by atoms with E-state index in [2.05, 4.69) is 4.98 Å². The first-order chi connectivity index (χ1) is 10.0. The third kappa shape index (κ3) is 3.24. The summed E-state index contributed by atoms with van der Waals surface area (Å²) in [5.41, 5.74) is -0.333. The standard InChI is InChI=1S/C13H10N2O6/c1-20-9-4-8(15(18)19)5-10(6-9)21-12-7-14-3-2-11(12)13(16)17/h2-7H,1H3,(H,16,17). The Morgan fingerprint density at radius 1 is 1.33 bits per heavy atom. The second kappa shape index (κ2) is 5.87. The van der Waals surface area contributed by atoms with Crippen molar-refractivity contribution >= 4 is 11.7 Å². The lowest BCUT2D eigenvalue weighted by molar-refractivity contribution is -0.385. The number of carbonyl (C=O) groups is 1. The van der Waals surface area contributed by atoms with Crippen LogP contribution in [0.2, 0.25) is 0 Å². The number of non-ortho nitro benzene ring substituents is 1. The number of carboxylic acids is 1. The van der Waals surface area contributed by atoms with E-state index in [1.807, 2.05) is 0 Å². The van der Waals surface area contributed by atoms with E-state index in [0.717, 1.165) is 0 Å². The maximum atomic E-state index is 11.1. The lowest BCUT2D eigenvalue weighted by Gasteiger charge is -2.09. The molecule has 0 bridgehead atoms. The Morgan fingerprint density at radius 2 is 2.05 bits per heavy atom. The quantitative estimate of drug-likeness (QED) is 0.664. The number of nitro groups is 1. The second-order valence-electron chi connectivity index (χ2n) is 3.90. The van der Waals surface area contributed by atoms with Crippen LogP contribution in [0.1, 0.15) is 10.4 Å². The number of hydrogen-bond donors (Lipinski definition) is 1. The number of hydrogen-bond acceptors (Lipinski definition) is 6. The first kappa shape index (κ1) is 14.3. The maximum Gasteiger partial charge on any atom is 0.339 e. The van der Waals surface area contributed by atoms with Gasteiger partial charge < -0.3 is 14.6 Å². The summed E-state index contributed by atoms with van der Waals surface area (Å²) in [6.07, 6.45) is 2.53. The van der Waals surface area contributed by atoms with Crippen molar-refractivity contribution in [2.75, 3.05) is 7.11 Å². The second-order valence-corrected chi connectivity index (χ2v) is 3.90. The van der Waals surface area contributed by atoms with Gasteiger partial charge >= 0.3 is 5.97 Å². The Bertz CT molecular complexity index is 701. The molecule has 0 amide bonds. The summed E-state index contributed by atoms with van der Waals surface area (Å²) in [6.45, 7) is 0. The highest BCUT2D eigenvalue weighted by atomic mass is 16.6. The zero-order valence-corrected chi connectivity index (χ0v) is 10.8. The molecule has 8 nitrogen and oxygen atoms in total. The van der Waals surface area contributed by atoms with Gasteiger partial charge in [-0.15, -0.1) is 0 Å². The van der Waals surface area contributed by atoms with Gasteiger partial charge in [0.15, 0.2) is 5.75 Å². The van der Waals surface area contributed by atoms with E-state index in [4.69, 9.17) is 14.6 Å². The molecule has 2 rings (SSSR count). The highest BCUT2D eigenvalue weighted by Gasteiger charge is 2.15. The van der Waals surface area contributed by atoms with Gasteiger partial charge in [0, 0.05) is 12.3 Å². The van der Waals surface area contributed by atoms with E-state index in [9.17, 15) is 14.9 Å². The summed E-state index contributed by atoms with van der Waals surface area (Å²) in [4.78, 5) is 25.1. The van der Waals surface area contributed by atoms with Crippen LogP contribution < -0.4 is 9.47 Å². The maximum absolute atomic E-state index is 11.1. The molecule has 0 atom stereocenters. The van der Waals surface area contributed by atoms with Crippen molar-refractivity contribution in [3.63, 3.8) is 0 Å². The highest BCUT2D eigenvalue weighted by Crippen LogP contribution is 2.31. The summed E-state index contributed by atoms with van der Waals surface area (Å²) in [5, 5.41) is 19.9. The summed E-state index contributed by atoms with van der Waals surface area (Å²) >= 11 is 0. The van der Waals surface area contributed by atoms with E-state index in [1.54, 1.807) is 0 Å². The Morgan fingerprint density at radius 3 is 2.67 bits per heavy atom. The normalized spacial score (nSPS) is 9.95. The average Bonchev–Trinajstić information content (AvgIpc) is 2.47. The lowest BCUT2D eigenvalue weighted by Crippen LogP contribution is -2.00. The van der Waals surface area contributed by atoms with Crippen LogP contribution in [-0.2, 0) is 0 Å². The van der Waals surface area contributed by atoms with E-state index in [1.165, 1.54) is 43.8 Å². The van der Waals surface area contributed by atoms with Crippen molar-refractivity contribution in [2.24, 2.45) is 0 Å². The van der Waals surface area contributed by atoms with Gasteiger partial charge in [0.25, 0.3) is 5.69 Å². The van der Waals surface area contributed by atoms with Crippen LogP contribution in [0.25, 0.3) is 0 Å². The Labute approximate surface area is 118 Å². The third-order valence-electron chi connectivity index (χ3n) is 2.55. The first-order valence-electron chi connectivity index (χ1n) is 5.70. The van der Waals surface area contributed by atoms with Gasteiger partial charge in [0.1, 0.15) is 17.1 Å². The van der Waals surface area contributed by atoms with Gasteiger partial charge in [-0.05, 0) is 6.07 Å². The van der Waals surface area contributed by atoms with Crippen LogP contribution in [0, 0.1) is 10.1 Å². The van der Waals surface area contributed by atoms with Gasteiger partial charge in [-0.2, -0.15) is 0 Å². The molecular weight excluding hydrogens is 280 g/mol. The molecule has 1 aromatic heterocycles. The summed E-state index contributed by atoms with van der Waals surface area (Å²) < 4.78 is 10.3. The van der Waals surface area contributed by atoms with Crippen LogP contribution in [0.4, 0.5) is 5.69 Å². The number of nitrogens with zero attached hydrogens (tertiary/aromatic N) is 2. The topological polar surface area (TPSA) is 112 Å². The fraction of sp³-hybridized carbons (Fsp3) is 0.0769. The van der Waals surface area contributed by atoms with Crippen LogP contribution >= 0.6 is 0 Å². The molecule has 0 saturated carbocycles. The Balaban J connectivity index is 2.42. The zero-order chi connectivity index (χ0) is 15.4. The van der Waals surface area contributed by atoms with Gasteiger partial charge in [0.2, 0.25) is 0 Å². The average molecular weight is 290 g/mol. The lowest BCUT2D eigenvalue weighted by atomic mass is 10.2. The molecule has 1 N–H and O–H groups in total. The summed E-state index contributed by atoms with van der Waals surface area (Å²) in [7, 11) is 1.36. The van der Waals surface area contributed by atoms with Gasteiger partial charge in [-0.3, -0.25) is 15.1 Å². The number of rotatable bonds is 5. The van der Waals surface area contributed by atoms with Gasteiger partial charge in [-0.1, -0.05) is 0 Å². The van der Waals surface area contributed by atoms with E-state index >= 15 is 0 Å². The molecule has 0 fully saturated rings. The van der Waals surface area contributed by atoms with Gasteiger partial charge in [-0.25, -0.2) is 4.79 Å². The Kier molecular flexibility index (Phi) is 3.98. The molecule has 0 spiro atoms. The van der Waals surface area contributed by atoms with Crippen LogP contribution in [0.5, 0.6) is 17.2 Å². The Hall–Kier alpha value is -3.16. The van der Waals surface area contributed by atoms with Crippen LogP contribution in [0.3, 0.4) is 0 Å². The van der Waals surface area contributed by atoms with Gasteiger partial charge in [0.05, 0.1) is 30.4 Å². The predicted molar refractivity (Wildman–Crippen MR) is 70.9 cm³/mol. The zero-order valence-electron chi connectivity index (χ0n) is 10.8. The molecule has 0 aliphatic carbocycles. The molecule has 1 aromatic carbocycles. The number of benzene rings is 1. The summed E-state index contributed by atoms with van der Waals surface area (Å²) in [5.74, 6) is -0.908. The molecule has 2 aromatic rings. The third-order valence-corrected chi connectivity index (χ3v) is 2.55. The molecular formula is C13H10N2O6. The summed E-state index contributed by atoms with van der Waals surface area (Å²) in [6, 6.07) is 5.08. The number of nitro benzene ring substituents is 1.